The summed E-state index contributed by atoms with van der Waals surface area (Å²) in [6, 6.07) is 0. The first-order valence-corrected chi connectivity index (χ1v) is 4.71. The first-order chi connectivity index (χ1) is 6.74. The molecular formula is C9H20N2O3. The van der Waals surface area contributed by atoms with Crippen molar-refractivity contribution in [2.45, 2.75) is 19.1 Å². The third kappa shape index (κ3) is 6.82. The summed E-state index contributed by atoms with van der Waals surface area (Å²) in [5.41, 5.74) is 0. The fourth-order valence-electron chi connectivity index (χ4n) is 0.974. The van der Waals surface area contributed by atoms with Crippen LogP contribution in [0.3, 0.4) is 0 Å². The van der Waals surface area contributed by atoms with Crippen LogP contribution in [0.5, 0.6) is 0 Å². The number of hydrogen-bond acceptors (Lipinski definition) is 4. The summed E-state index contributed by atoms with van der Waals surface area (Å²) in [5.74, 6) is 0.0272. The van der Waals surface area contributed by atoms with E-state index in [4.69, 9.17) is 9.47 Å². The SMILES string of the molecule is CNCCCC(=O)NCC(OC)OC. The molecule has 2 N–H and O–H groups in total. The van der Waals surface area contributed by atoms with E-state index >= 15 is 0 Å². The molecule has 0 fully saturated rings. The monoisotopic (exact) mass is 204 g/mol. The molecule has 0 aliphatic rings. The Kier molecular flexibility index (Phi) is 8.51. The van der Waals surface area contributed by atoms with E-state index < -0.39 is 0 Å². The Labute approximate surface area is 85.1 Å². The minimum atomic E-state index is -0.358. The Morgan fingerprint density at radius 3 is 2.50 bits per heavy atom. The lowest BCUT2D eigenvalue weighted by atomic mass is 10.3. The second-order valence-electron chi connectivity index (χ2n) is 2.91. The Hall–Kier alpha value is -0.650. The number of nitrogens with one attached hydrogen (secondary N) is 2. The van der Waals surface area contributed by atoms with Gasteiger partial charge in [-0.1, -0.05) is 0 Å². The van der Waals surface area contributed by atoms with E-state index in [9.17, 15) is 4.79 Å². The molecule has 0 bridgehead atoms. The van der Waals surface area contributed by atoms with Crippen molar-refractivity contribution in [3.8, 4) is 0 Å². The molecular weight excluding hydrogens is 184 g/mol. The Morgan fingerprint density at radius 2 is 2.00 bits per heavy atom. The smallest absolute Gasteiger partial charge is 0.220 e. The molecule has 5 nitrogen and oxygen atoms in total. The lowest BCUT2D eigenvalue weighted by molar-refractivity contribution is -0.127. The van der Waals surface area contributed by atoms with E-state index in [2.05, 4.69) is 10.6 Å². The lowest BCUT2D eigenvalue weighted by Gasteiger charge is -2.13. The Balaban J connectivity index is 3.42. The van der Waals surface area contributed by atoms with Gasteiger partial charge in [-0.3, -0.25) is 4.79 Å². The molecule has 84 valence electrons. The Bertz CT molecular complexity index is 149. The van der Waals surface area contributed by atoms with Gasteiger partial charge >= 0.3 is 0 Å². The van der Waals surface area contributed by atoms with E-state index in [1.165, 1.54) is 0 Å². The number of amides is 1. The fraction of sp³-hybridized carbons (Fsp3) is 0.889. The number of methoxy groups -OCH3 is 2. The predicted octanol–water partition coefficient (Wildman–Crippen LogP) is -0.279. The lowest BCUT2D eigenvalue weighted by Crippen LogP contribution is -2.34. The molecule has 0 aromatic rings. The summed E-state index contributed by atoms with van der Waals surface area (Å²) >= 11 is 0. The summed E-state index contributed by atoms with van der Waals surface area (Å²) in [6.45, 7) is 1.25. The Morgan fingerprint density at radius 1 is 1.36 bits per heavy atom. The standard InChI is InChI=1S/C9H20N2O3/c1-10-6-4-5-8(12)11-7-9(13-2)14-3/h9-10H,4-7H2,1-3H3,(H,11,12). The van der Waals surface area contributed by atoms with Crippen LogP contribution in [-0.2, 0) is 14.3 Å². The highest BCUT2D eigenvalue weighted by Gasteiger charge is 2.06. The summed E-state index contributed by atoms with van der Waals surface area (Å²) in [6.07, 6.45) is 1.01. The third-order valence-electron chi connectivity index (χ3n) is 1.82. The fourth-order valence-corrected chi connectivity index (χ4v) is 0.974. The number of carbonyl (C=O) groups excluding carboxylic acids is 1. The third-order valence-corrected chi connectivity index (χ3v) is 1.82. The average Bonchev–Trinajstić information content (AvgIpc) is 2.20. The first-order valence-electron chi connectivity index (χ1n) is 4.71. The van der Waals surface area contributed by atoms with E-state index in [0.29, 0.717) is 13.0 Å². The summed E-state index contributed by atoms with van der Waals surface area (Å²) in [4.78, 5) is 11.2. The largest absolute Gasteiger partial charge is 0.354 e. The minimum absolute atomic E-state index is 0.0272. The highest BCUT2D eigenvalue weighted by molar-refractivity contribution is 5.75. The van der Waals surface area contributed by atoms with Gasteiger partial charge in [0.15, 0.2) is 6.29 Å². The van der Waals surface area contributed by atoms with Crippen LogP contribution in [0.15, 0.2) is 0 Å². The van der Waals surface area contributed by atoms with E-state index in [1.807, 2.05) is 7.05 Å². The summed E-state index contributed by atoms with van der Waals surface area (Å²) in [7, 11) is 4.95. The molecule has 0 saturated heterocycles. The maximum absolute atomic E-state index is 11.2. The van der Waals surface area contributed by atoms with Crippen LogP contribution in [0, 0.1) is 0 Å². The summed E-state index contributed by atoms with van der Waals surface area (Å²) in [5, 5.41) is 5.71. The highest BCUT2D eigenvalue weighted by atomic mass is 16.7. The van der Waals surface area contributed by atoms with Gasteiger partial charge in [0.05, 0.1) is 6.54 Å². The van der Waals surface area contributed by atoms with Crippen LogP contribution in [0.4, 0.5) is 0 Å². The van der Waals surface area contributed by atoms with Crippen molar-refractivity contribution in [1.82, 2.24) is 10.6 Å². The van der Waals surface area contributed by atoms with Gasteiger partial charge in [-0.25, -0.2) is 0 Å². The van der Waals surface area contributed by atoms with Crippen LogP contribution in [0.2, 0.25) is 0 Å². The van der Waals surface area contributed by atoms with Crippen molar-refractivity contribution >= 4 is 5.91 Å². The molecule has 0 aromatic carbocycles. The minimum Gasteiger partial charge on any atom is -0.354 e. The van der Waals surface area contributed by atoms with Crippen molar-refractivity contribution in [3.05, 3.63) is 0 Å². The molecule has 0 rings (SSSR count). The highest BCUT2D eigenvalue weighted by Crippen LogP contribution is 1.90. The normalized spacial score (nSPS) is 10.6. The van der Waals surface area contributed by atoms with Crippen molar-refractivity contribution in [2.75, 3.05) is 34.4 Å². The number of rotatable bonds is 8. The van der Waals surface area contributed by atoms with Crippen LogP contribution < -0.4 is 10.6 Å². The molecule has 14 heavy (non-hydrogen) atoms. The van der Waals surface area contributed by atoms with Gasteiger partial charge in [-0.15, -0.1) is 0 Å². The van der Waals surface area contributed by atoms with Crippen LogP contribution >= 0.6 is 0 Å². The van der Waals surface area contributed by atoms with Crippen molar-refractivity contribution in [1.29, 1.82) is 0 Å². The van der Waals surface area contributed by atoms with Gasteiger partial charge in [0, 0.05) is 20.6 Å². The molecule has 0 heterocycles. The van der Waals surface area contributed by atoms with Gasteiger partial charge in [0.2, 0.25) is 5.91 Å². The zero-order valence-corrected chi connectivity index (χ0v) is 9.13. The quantitative estimate of drug-likeness (QED) is 0.422. The van der Waals surface area contributed by atoms with Gasteiger partial charge in [0.1, 0.15) is 0 Å². The van der Waals surface area contributed by atoms with Gasteiger partial charge in [0.25, 0.3) is 0 Å². The van der Waals surface area contributed by atoms with Crippen molar-refractivity contribution in [3.63, 3.8) is 0 Å². The molecule has 0 aliphatic heterocycles. The molecule has 0 radical (unpaired) electrons. The van der Waals surface area contributed by atoms with Gasteiger partial charge < -0.3 is 20.1 Å². The first kappa shape index (κ1) is 13.4. The van der Waals surface area contributed by atoms with Crippen LogP contribution in [-0.4, -0.2) is 46.6 Å². The molecule has 5 heteroatoms. The van der Waals surface area contributed by atoms with Crippen LogP contribution in [0.1, 0.15) is 12.8 Å². The van der Waals surface area contributed by atoms with E-state index in [-0.39, 0.29) is 12.2 Å². The number of ether oxygens (including phenoxy) is 2. The maximum atomic E-state index is 11.2. The second-order valence-corrected chi connectivity index (χ2v) is 2.91. The van der Waals surface area contributed by atoms with Crippen molar-refractivity contribution < 1.29 is 14.3 Å². The zero-order valence-electron chi connectivity index (χ0n) is 9.13. The topological polar surface area (TPSA) is 59.6 Å². The van der Waals surface area contributed by atoms with E-state index in [1.54, 1.807) is 14.2 Å². The zero-order chi connectivity index (χ0) is 10.8. The second kappa shape index (κ2) is 8.93. The molecule has 0 unspecified atom stereocenters. The number of hydrogen-bond donors (Lipinski definition) is 2. The van der Waals surface area contributed by atoms with Gasteiger partial charge in [-0.2, -0.15) is 0 Å². The predicted molar refractivity (Wildman–Crippen MR) is 54.0 cm³/mol. The average molecular weight is 204 g/mol. The van der Waals surface area contributed by atoms with Crippen LogP contribution in [0.25, 0.3) is 0 Å². The molecule has 0 aromatic heterocycles. The molecule has 0 atom stereocenters. The maximum Gasteiger partial charge on any atom is 0.220 e. The molecule has 1 amide bonds. The number of carbonyl (C=O) groups is 1. The summed E-state index contributed by atoms with van der Waals surface area (Å²) < 4.78 is 9.85. The van der Waals surface area contributed by atoms with Gasteiger partial charge in [-0.05, 0) is 20.0 Å². The molecule has 0 spiro atoms. The molecule has 0 saturated carbocycles. The van der Waals surface area contributed by atoms with E-state index in [0.717, 1.165) is 13.0 Å². The van der Waals surface area contributed by atoms with Crippen molar-refractivity contribution in [2.24, 2.45) is 0 Å². The molecule has 0 aliphatic carbocycles.